The molecule has 1 amide bonds. The summed E-state index contributed by atoms with van der Waals surface area (Å²) < 4.78 is 17.2. The molecule has 0 saturated heterocycles. The molecule has 3 N–H and O–H groups in total. The molecule has 1 fully saturated rings. The van der Waals surface area contributed by atoms with Crippen LogP contribution in [0.2, 0.25) is 0 Å². The normalized spacial score (nSPS) is 15.4. The van der Waals surface area contributed by atoms with E-state index < -0.39 is 0 Å². The van der Waals surface area contributed by atoms with E-state index >= 15 is 0 Å². The minimum absolute atomic E-state index is 0. The third-order valence-corrected chi connectivity index (χ3v) is 4.99. The molecular weight excluding hydrogens is 535 g/mol. The minimum atomic E-state index is 0. The second kappa shape index (κ2) is 15.2. The number of ether oxygens (including phenoxy) is 3. The van der Waals surface area contributed by atoms with E-state index in [0.717, 1.165) is 56.0 Å². The number of nitrogens with one attached hydrogen (secondary N) is 3. The minimum Gasteiger partial charge on any atom is -0.490 e. The van der Waals surface area contributed by atoms with Crippen molar-refractivity contribution in [1.29, 1.82) is 0 Å². The number of amides is 1. The molecular formula is C24H39IN4O4. The van der Waals surface area contributed by atoms with Crippen molar-refractivity contribution in [2.24, 2.45) is 10.9 Å². The number of benzene rings is 1. The molecule has 8 nitrogen and oxygen atoms in total. The van der Waals surface area contributed by atoms with E-state index in [1.54, 1.807) is 0 Å². The molecule has 9 heteroatoms. The lowest BCUT2D eigenvalue weighted by atomic mass is 10.2. The molecule has 0 spiro atoms. The van der Waals surface area contributed by atoms with Gasteiger partial charge in [-0.15, -0.1) is 24.0 Å². The van der Waals surface area contributed by atoms with Gasteiger partial charge in [-0.1, -0.05) is 13.8 Å². The zero-order valence-electron chi connectivity index (χ0n) is 19.9. The highest BCUT2D eigenvalue weighted by Crippen LogP contribution is 2.32. The fourth-order valence-electron chi connectivity index (χ4n) is 3.18. The predicted molar refractivity (Wildman–Crippen MR) is 142 cm³/mol. The fraction of sp³-hybridized carbons (Fsp3) is 0.667. The van der Waals surface area contributed by atoms with Gasteiger partial charge in [-0.2, -0.15) is 0 Å². The van der Waals surface area contributed by atoms with Gasteiger partial charge in [0.2, 0.25) is 5.91 Å². The Morgan fingerprint density at radius 2 is 1.97 bits per heavy atom. The first-order valence-corrected chi connectivity index (χ1v) is 11.9. The summed E-state index contributed by atoms with van der Waals surface area (Å²) in [5.74, 6) is 2.86. The first-order chi connectivity index (χ1) is 15.6. The Bertz CT molecular complexity index is 756. The van der Waals surface area contributed by atoms with Crippen LogP contribution in [0.25, 0.3) is 0 Å². The van der Waals surface area contributed by atoms with E-state index in [0.29, 0.717) is 57.1 Å². The van der Waals surface area contributed by atoms with Crippen LogP contribution < -0.4 is 25.4 Å². The van der Waals surface area contributed by atoms with Crippen LogP contribution >= 0.6 is 24.0 Å². The van der Waals surface area contributed by atoms with E-state index in [9.17, 15) is 4.79 Å². The van der Waals surface area contributed by atoms with Crippen LogP contribution in [-0.2, 0) is 9.53 Å². The number of aliphatic imine (C=N–C) groups is 1. The number of guanidine groups is 1. The Balaban J connectivity index is 0.00000385. The van der Waals surface area contributed by atoms with Crippen molar-refractivity contribution in [1.82, 2.24) is 10.6 Å². The molecule has 33 heavy (non-hydrogen) atoms. The molecule has 1 aromatic rings. The van der Waals surface area contributed by atoms with Crippen LogP contribution in [0.1, 0.15) is 52.4 Å². The Morgan fingerprint density at radius 3 is 2.73 bits per heavy atom. The van der Waals surface area contributed by atoms with E-state index in [1.807, 2.05) is 18.2 Å². The Morgan fingerprint density at radius 1 is 1.18 bits per heavy atom. The number of rotatable bonds is 12. The predicted octanol–water partition coefficient (Wildman–Crippen LogP) is 3.94. The highest BCUT2D eigenvalue weighted by atomic mass is 127. The highest BCUT2D eigenvalue weighted by Gasteiger charge is 2.22. The third-order valence-electron chi connectivity index (χ3n) is 4.99. The first kappa shape index (κ1) is 27.5. The van der Waals surface area contributed by atoms with Crippen LogP contribution in [0.15, 0.2) is 23.2 Å². The molecule has 0 unspecified atom stereocenters. The second-order valence-electron chi connectivity index (χ2n) is 8.76. The van der Waals surface area contributed by atoms with Crippen LogP contribution in [0.3, 0.4) is 0 Å². The number of nitrogens with zero attached hydrogens (tertiary/aromatic N) is 1. The summed E-state index contributed by atoms with van der Waals surface area (Å²) in [5.41, 5.74) is 0.878. The zero-order valence-corrected chi connectivity index (χ0v) is 22.2. The zero-order chi connectivity index (χ0) is 22.6. The standard InChI is InChI=1S/C24H38N4O4.HI/c1-18(2)17-30-13-4-12-26-24(25-11-3-6-23(29)27-19-7-8-19)28-20-9-10-21-22(16-20)32-15-5-14-31-21;/h9-10,16,18-19H,3-8,11-15,17H2,1-2H3,(H,27,29)(H2,25,26,28);1H. The van der Waals surface area contributed by atoms with E-state index in [-0.39, 0.29) is 29.9 Å². The number of anilines is 1. The Labute approximate surface area is 214 Å². The summed E-state index contributed by atoms with van der Waals surface area (Å²) in [6.07, 6.45) is 5.19. The quantitative estimate of drug-likeness (QED) is 0.152. The Hall–Kier alpha value is -1.75. The average Bonchev–Trinajstić information content (AvgIpc) is 3.60. The van der Waals surface area contributed by atoms with Gasteiger partial charge >= 0.3 is 0 Å². The lowest BCUT2D eigenvalue weighted by molar-refractivity contribution is -0.121. The number of hydrogen-bond acceptors (Lipinski definition) is 5. The van der Waals surface area contributed by atoms with Crippen molar-refractivity contribution in [3.05, 3.63) is 18.2 Å². The van der Waals surface area contributed by atoms with Gasteiger partial charge < -0.3 is 30.2 Å². The molecule has 0 bridgehead atoms. The van der Waals surface area contributed by atoms with Gasteiger partial charge in [0.1, 0.15) is 0 Å². The van der Waals surface area contributed by atoms with Crippen LogP contribution in [-0.4, -0.2) is 57.4 Å². The fourth-order valence-corrected chi connectivity index (χ4v) is 3.18. The molecule has 0 atom stereocenters. The van der Waals surface area contributed by atoms with E-state index in [1.165, 1.54) is 0 Å². The maximum absolute atomic E-state index is 11.9. The van der Waals surface area contributed by atoms with Gasteiger partial charge in [0.05, 0.1) is 13.2 Å². The van der Waals surface area contributed by atoms with Gasteiger partial charge in [-0.25, -0.2) is 0 Å². The molecule has 2 aliphatic rings. The average molecular weight is 575 g/mol. The monoisotopic (exact) mass is 574 g/mol. The number of fused-ring (bicyclic) bond motifs is 1. The molecule has 3 rings (SSSR count). The summed E-state index contributed by atoms with van der Waals surface area (Å²) in [6.45, 7) is 8.41. The van der Waals surface area contributed by atoms with Crippen molar-refractivity contribution in [2.75, 3.05) is 44.8 Å². The molecule has 0 radical (unpaired) electrons. The van der Waals surface area contributed by atoms with Crippen LogP contribution in [0, 0.1) is 5.92 Å². The van der Waals surface area contributed by atoms with E-state index in [2.05, 4.69) is 34.8 Å². The van der Waals surface area contributed by atoms with Gasteiger partial charge in [0.25, 0.3) is 0 Å². The summed E-state index contributed by atoms with van der Waals surface area (Å²) in [7, 11) is 0. The van der Waals surface area contributed by atoms with Gasteiger partial charge in [-0.3, -0.25) is 9.79 Å². The van der Waals surface area contributed by atoms with Crippen molar-refractivity contribution < 1.29 is 19.0 Å². The van der Waals surface area contributed by atoms with Gasteiger partial charge in [0.15, 0.2) is 17.5 Å². The van der Waals surface area contributed by atoms with Crippen molar-refractivity contribution in [3.8, 4) is 11.5 Å². The summed E-state index contributed by atoms with van der Waals surface area (Å²) in [4.78, 5) is 16.5. The van der Waals surface area contributed by atoms with Crippen LogP contribution in [0.4, 0.5) is 5.69 Å². The van der Waals surface area contributed by atoms with Crippen molar-refractivity contribution >= 4 is 41.5 Å². The Kier molecular flexibility index (Phi) is 12.7. The molecule has 1 heterocycles. The number of halogens is 1. The van der Waals surface area contributed by atoms with Crippen molar-refractivity contribution in [3.63, 3.8) is 0 Å². The number of carbonyl (C=O) groups is 1. The number of hydrogen-bond donors (Lipinski definition) is 3. The van der Waals surface area contributed by atoms with E-state index in [4.69, 9.17) is 14.2 Å². The molecule has 0 aromatic heterocycles. The summed E-state index contributed by atoms with van der Waals surface area (Å²) in [5, 5.41) is 9.74. The van der Waals surface area contributed by atoms with Gasteiger partial charge in [-0.05, 0) is 43.7 Å². The summed E-state index contributed by atoms with van der Waals surface area (Å²) in [6, 6.07) is 6.22. The molecule has 1 saturated carbocycles. The molecule has 1 aliphatic heterocycles. The van der Waals surface area contributed by atoms with Gasteiger partial charge in [0, 0.05) is 56.9 Å². The largest absolute Gasteiger partial charge is 0.490 e. The second-order valence-corrected chi connectivity index (χ2v) is 8.76. The van der Waals surface area contributed by atoms with Crippen LogP contribution in [0.5, 0.6) is 11.5 Å². The maximum Gasteiger partial charge on any atom is 0.220 e. The lowest BCUT2D eigenvalue weighted by Crippen LogP contribution is -2.32. The SMILES string of the molecule is CC(C)COCCCNC(=NCCCC(=O)NC1CC1)Nc1ccc2c(c1)OCCCO2.I. The summed E-state index contributed by atoms with van der Waals surface area (Å²) >= 11 is 0. The van der Waals surface area contributed by atoms with Crippen molar-refractivity contribution in [2.45, 2.75) is 58.4 Å². The first-order valence-electron chi connectivity index (χ1n) is 11.9. The number of carbonyl (C=O) groups excluding carboxylic acids is 1. The maximum atomic E-state index is 11.9. The lowest BCUT2D eigenvalue weighted by Gasteiger charge is -2.15. The third kappa shape index (κ3) is 11.3. The molecule has 1 aliphatic carbocycles. The highest BCUT2D eigenvalue weighted by molar-refractivity contribution is 14.0. The molecule has 1 aromatic carbocycles. The smallest absolute Gasteiger partial charge is 0.220 e. The topological polar surface area (TPSA) is 93.2 Å². The molecule has 186 valence electrons.